The fraction of sp³-hybridized carbons (Fsp3) is 0.118. The van der Waals surface area contributed by atoms with Crippen molar-refractivity contribution in [2.75, 3.05) is 7.11 Å². The molecule has 0 saturated heterocycles. The number of nitro benzene ring substituents is 1. The predicted octanol–water partition coefficient (Wildman–Crippen LogP) is 2.29. The Labute approximate surface area is 148 Å². The molecule has 2 rings (SSSR count). The van der Waals surface area contributed by atoms with Gasteiger partial charge in [-0.15, -0.1) is 0 Å². The van der Waals surface area contributed by atoms with Crippen molar-refractivity contribution < 1.29 is 24.0 Å². The highest BCUT2D eigenvalue weighted by Gasteiger charge is 2.25. The Morgan fingerprint density at radius 2 is 1.88 bits per heavy atom. The van der Waals surface area contributed by atoms with Gasteiger partial charge in [0.15, 0.2) is 5.75 Å². The molecule has 0 bridgehead atoms. The van der Waals surface area contributed by atoms with Gasteiger partial charge in [-0.3, -0.25) is 19.7 Å². The first-order valence-corrected chi connectivity index (χ1v) is 7.36. The first-order valence-electron chi connectivity index (χ1n) is 7.36. The first-order chi connectivity index (χ1) is 12.4. The highest BCUT2D eigenvalue weighted by molar-refractivity contribution is 5.95. The zero-order chi connectivity index (χ0) is 19.1. The summed E-state index contributed by atoms with van der Waals surface area (Å²) >= 11 is 0. The number of carbonyl (C=O) groups is 2. The minimum atomic E-state index is -0.688. The minimum absolute atomic E-state index is 0.0658. The minimum Gasteiger partial charge on any atom is -0.488 e. The van der Waals surface area contributed by atoms with E-state index in [1.165, 1.54) is 26.2 Å². The number of esters is 1. The van der Waals surface area contributed by atoms with E-state index in [1.807, 2.05) is 0 Å². The van der Waals surface area contributed by atoms with E-state index in [1.54, 1.807) is 30.3 Å². The van der Waals surface area contributed by atoms with Crippen molar-refractivity contribution in [3.8, 4) is 11.5 Å². The highest BCUT2D eigenvalue weighted by atomic mass is 16.6. The van der Waals surface area contributed by atoms with Crippen LogP contribution in [-0.4, -0.2) is 30.1 Å². The maximum atomic E-state index is 11.9. The van der Waals surface area contributed by atoms with E-state index < -0.39 is 22.5 Å². The van der Waals surface area contributed by atoms with Crippen molar-refractivity contribution in [3.63, 3.8) is 0 Å². The number of ether oxygens (including phenoxy) is 2. The van der Waals surface area contributed by atoms with Gasteiger partial charge < -0.3 is 9.47 Å². The third-order valence-corrected chi connectivity index (χ3v) is 3.17. The van der Waals surface area contributed by atoms with E-state index in [-0.39, 0.29) is 17.1 Å². The van der Waals surface area contributed by atoms with Crippen LogP contribution in [0, 0.1) is 10.1 Å². The molecule has 0 radical (unpaired) electrons. The van der Waals surface area contributed by atoms with E-state index in [0.29, 0.717) is 5.56 Å². The predicted molar refractivity (Wildman–Crippen MR) is 92.5 cm³/mol. The quantitative estimate of drug-likeness (QED) is 0.278. The Bertz CT molecular complexity index is 864. The summed E-state index contributed by atoms with van der Waals surface area (Å²) < 4.78 is 9.91. The number of carbonyl (C=O) groups excluding carboxylic acids is 2. The summed E-state index contributed by atoms with van der Waals surface area (Å²) in [7, 11) is 1.22. The van der Waals surface area contributed by atoms with Crippen LogP contribution in [-0.2, 0) is 4.79 Å². The van der Waals surface area contributed by atoms with Crippen LogP contribution in [0.25, 0.3) is 0 Å². The van der Waals surface area contributed by atoms with Gasteiger partial charge in [0.2, 0.25) is 5.75 Å². The average Bonchev–Trinajstić information content (AvgIpc) is 2.62. The summed E-state index contributed by atoms with van der Waals surface area (Å²) in [5, 5.41) is 15.1. The summed E-state index contributed by atoms with van der Waals surface area (Å²) in [6, 6.07) is 11.0. The van der Waals surface area contributed by atoms with Crippen LogP contribution in [0.4, 0.5) is 5.69 Å². The molecular formula is C17H15N3O6. The molecule has 0 atom stereocenters. The Morgan fingerprint density at radius 1 is 1.19 bits per heavy atom. The lowest BCUT2D eigenvalue weighted by molar-refractivity contribution is -0.385. The Kier molecular flexibility index (Phi) is 5.99. The number of rotatable bonds is 6. The number of nitrogens with zero attached hydrogens (tertiary/aromatic N) is 2. The van der Waals surface area contributed by atoms with Gasteiger partial charge in [-0.05, 0) is 24.3 Å². The molecule has 0 aromatic heterocycles. The number of nitro groups is 1. The highest BCUT2D eigenvalue weighted by Crippen LogP contribution is 2.39. The third-order valence-electron chi connectivity index (χ3n) is 3.17. The molecule has 9 nitrogen and oxygen atoms in total. The van der Waals surface area contributed by atoms with Gasteiger partial charge in [0.1, 0.15) is 0 Å². The second-order valence-electron chi connectivity index (χ2n) is 4.95. The van der Waals surface area contributed by atoms with Crippen molar-refractivity contribution >= 4 is 23.8 Å². The van der Waals surface area contributed by atoms with Gasteiger partial charge in [-0.25, -0.2) is 5.43 Å². The third kappa shape index (κ3) is 4.41. The van der Waals surface area contributed by atoms with Crippen molar-refractivity contribution in [1.82, 2.24) is 5.43 Å². The Morgan fingerprint density at radius 3 is 2.46 bits per heavy atom. The second kappa shape index (κ2) is 8.38. The Hall–Kier alpha value is -3.75. The number of hydrogen-bond acceptors (Lipinski definition) is 7. The van der Waals surface area contributed by atoms with E-state index in [0.717, 1.165) is 6.21 Å². The Balaban J connectivity index is 2.29. The molecule has 0 aliphatic heterocycles. The molecule has 2 aromatic rings. The molecule has 0 aliphatic carbocycles. The van der Waals surface area contributed by atoms with Crippen LogP contribution in [0.2, 0.25) is 0 Å². The summed E-state index contributed by atoms with van der Waals surface area (Å²) in [5.41, 5.74) is 2.30. The van der Waals surface area contributed by atoms with Gasteiger partial charge in [-0.2, -0.15) is 5.10 Å². The second-order valence-corrected chi connectivity index (χ2v) is 4.95. The van der Waals surface area contributed by atoms with E-state index in [2.05, 4.69) is 10.5 Å². The molecule has 0 saturated carbocycles. The monoisotopic (exact) mass is 357 g/mol. The van der Waals surface area contributed by atoms with Gasteiger partial charge in [0.25, 0.3) is 5.91 Å². The lowest BCUT2D eigenvalue weighted by atomic mass is 10.1. The molecule has 1 N–H and O–H groups in total. The van der Waals surface area contributed by atoms with Gasteiger partial charge in [0.05, 0.1) is 23.8 Å². The molecule has 0 aliphatic rings. The zero-order valence-electron chi connectivity index (χ0n) is 14.0. The van der Waals surface area contributed by atoms with E-state index >= 15 is 0 Å². The van der Waals surface area contributed by atoms with E-state index in [4.69, 9.17) is 9.47 Å². The summed E-state index contributed by atoms with van der Waals surface area (Å²) in [6.45, 7) is 1.17. The summed E-state index contributed by atoms with van der Waals surface area (Å²) in [6.07, 6.45) is 1.11. The van der Waals surface area contributed by atoms with E-state index in [9.17, 15) is 19.7 Å². The molecule has 0 fully saturated rings. The molecule has 9 heteroatoms. The average molecular weight is 357 g/mol. The summed E-state index contributed by atoms with van der Waals surface area (Å²) in [4.78, 5) is 33.7. The van der Waals surface area contributed by atoms with Crippen LogP contribution in [0.15, 0.2) is 47.6 Å². The maximum Gasteiger partial charge on any atom is 0.323 e. The number of methoxy groups -OCH3 is 1. The SMILES string of the molecule is COc1c(OC(C)=O)ccc(/C=N/NC(=O)c2ccccc2)c1[N+](=O)[O-]. The van der Waals surface area contributed by atoms with Gasteiger partial charge in [0, 0.05) is 12.5 Å². The number of nitrogens with one attached hydrogen (secondary N) is 1. The lowest BCUT2D eigenvalue weighted by Gasteiger charge is -2.09. The molecule has 134 valence electrons. The number of hydrazone groups is 1. The van der Waals surface area contributed by atoms with Crippen LogP contribution in [0.3, 0.4) is 0 Å². The largest absolute Gasteiger partial charge is 0.488 e. The fourth-order valence-electron chi connectivity index (χ4n) is 2.11. The molecule has 0 heterocycles. The fourth-order valence-corrected chi connectivity index (χ4v) is 2.11. The van der Waals surface area contributed by atoms with Gasteiger partial charge in [-0.1, -0.05) is 18.2 Å². The molecule has 26 heavy (non-hydrogen) atoms. The van der Waals surface area contributed by atoms with Crippen molar-refractivity contribution in [2.45, 2.75) is 6.92 Å². The zero-order valence-corrected chi connectivity index (χ0v) is 14.0. The number of hydrogen-bond donors (Lipinski definition) is 1. The molecule has 0 unspecified atom stereocenters. The first kappa shape index (κ1) is 18.6. The van der Waals surface area contributed by atoms with Gasteiger partial charge >= 0.3 is 11.7 Å². The van der Waals surface area contributed by atoms with Crippen molar-refractivity contribution in [2.24, 2.45) is 5.10 Å². The molecular weight excluding hydrogens is 342 g/mol. The molecule has 2 aromatic carbocycles. The lowest BCUT2D eigenvalue weighted by Crippen LogP contribution is -2.17. The normalized spacial score (nSPS) is 10.4. The van der Waals surface area contributed by atoms with Crippen molar-refractivity contribution in [3.05, 3.63) is 63.7 Å². The van der Waals surface area contributed by atoms with Crippen LogP contribution in [0.1, 0.15) is 22.8 Å². The standard InChI is InChI=1S/C17H15N3O6/c1-11(21)26-14-9-8-13(15(20(23)24)16(14)25-2)10-18-19-17(22)12-6-4-3-5-7-12/h3-10H,1-2H3,(H,19,22)/b18-10+. The number of amides is 1. The molecule has 0 spiro atoms. The van der Waals surface area contributed by atoms with Crippen LogP contribution < -0.4 is 14.9 Å². The number of benzene rings is 2. The smallest absolute Gasteiger partial charge is 0.323 e. The van der Waals surface area contributed by atoms with Crippen LogP contribution in [0.5, 0.6) is 11.5 Å². The summed E-state index contributed by atoms with van der Waals surface area (Å²) in [5.74, 6) is -1.41. The van der Waals surface area contributed by atoms with Crippen LogP contribution >= 0.6 is 0 Å². The molecule has 1 amide bonds. The maximum absolute atomic E-state index is 11.9. The topological polar surface area (TPSA) is 120 Å². The van der Waals surface area contributed by atoms with Crippen molar-refractivity contribution in [1.29, 1.82) is 0 Å².